The lowest BCUT2D eigenvalue weighted by Crippen LogP contribution is -2.25. The molecule has 0 amide bonds. The fourth-order valence-corrected chi connectivity index (χ4v) is 1.96. The summed E-state index contributed by atoms with van der Waals surface area (Å²) < 4.78 is 5.72. The minimum atomic E-state index is -0.231. The zero-order chi connectivity index (χ0) is 13.3. The Balaban J connectivity index is 2.75. The lowest BCUT2D eigenvalue weighted by molar-refractivity contribution is 0.581. The molecule has 1 heterocycles. The first-order chi connectivity index (χ1) is 8.58. The van der Waals surface area contributed by atoms with Crippen molar-refractivity contribution in [2.75, 3.05) is 29.5 Å². The molecule has 0 fully saturated rings. The van der Waals surface area contributed by atoms with Crippen LogP contribution in [0.25, 0.3) is 11.0 Å². The molecular formula is C13H17N3O2. The first-order valence-corrected chi connectivity index (χ1v) is 5.95. The van der Waals surface area contributed by atoms with E-state index in [1.54, 1.807) is 18.2 Å². The van der Waals surface area contributed by atoms with E-state index in [0.29, 0.717) is 22.5 Å². The van der Waals surface area contributed by atoms with Crippen LogP contribution >= 0.6 is 0 Å². The molecule has 4 N–H and O–H groups in total. The first kappa shape index (κ1) is 12.3. The Morgan fingerprint density at radius 2 is 1.89 bits per heavy atom. The molecule has 18 heavy (non-hydrogen) atoms. The van der Waals surface area contributed by atoms with Crippen molar-refractivity contribution in [3.63, 3.8) is 0 Å². The van der Waals surface area contributed by atoms with Crippen LogP contribution in [0.3, 0.4) is 0 Å². The first-order valence-electron chi connectivity index (χ1n) is 5.95. The van der Waals surface area contributed by atoms with Crippen LogP contribution in [0.15, 0.2) is 27.4 Å². The zero-order valence-electron chi connectivity index (χ0n) is 10.6. The van der Waals surface area contributed by atoms with Gasteiger partial charge in [0.25, 0.3) is 0 Å². The highest BCUT2D eigenvalue weighted by atomic mass is 16.4. The van der Waals surface area contributed by atoms with E-state index in [4.69, 9.17) is 15.9 Å². The number of hydrogen-bond donors (Lipinski definition) is 2. The highest BCUT2D eigenvalue weighted by Crippen LogP contribution is 2.26. The number of rotatable bonds is 3. The molecule has 0 saturated carbocycles. The predicted octanol–water partition coefficient (Wildman–Crippen LogP) is 1.80. The maximum absolute atomic E-state index is 12.2. The third kappa shape index (κ3) is 1.88. The molecular weight excluding hydrogens is 230 g/mol. The smallest absolute Gasteiger partial charge is 0.223 e. The largest absolute Gasteiger partial charge is 0.438 e. The second-order valence-corrected chi connectivity index (χ2v) is 4.08. The Hall–Kier alpha value is -2.17. The Morgan fingerprint density at radius 1 is 1.22 bits per heavy atom. The lowest BCUT2D eigenvalue weighted by Gasteiger charge is -2.20. The van der Waals surface area contributed by atoms with Gasteiger partial charge in [0.1, 0.15) is 11.3 Å². The average molecular weight is 247 g/mol. The van der Waals surface area contributed by atoms with Gasteiger partial charge >= 0.3 is 0 Å². The number of nitrogens with two attached hydrogens (primary N) is 2. The molecule has 0 aliphatic carbocycles. The van der Waals surface area contributed by atoms with Crippen molar-refractivity contribution in [1.82, 2.24) is 0 Å². The summed E-state index contributed by atoms with van der Waals surface area (Å²) >= 11 is 0. The molecule has 0 bridgehead atoms. The predicted molar refractivity (Wildman–Crippen MR) is 74.9 cm³/mol. The van der Waals surface area contributed by atoms with Crippen molar-refractivity contribution >= 4 is 28.2 Å². The monoisotopic (exact) mass is 247 g/mol. The summed E-state index contributed by atoms with van der Waals surface area (Å²) in [6.07, 6.45) is 0. The van der Waals surface area contributed by atoms with Crippen LogP contribution in [-0.2, 0) is 0 Å². The summed E-state index contributed by atoms with van der Waals surface area (Å²) in [6, 6.07) is 4.98. The van der Waals surface area contributed by atoms with Gasteiger partial charge in [-0.05, 0) is 32.0 Å². The topological polar surface area (TPSA) is 85.5 Å². The van der Waals surface area contributed by atoms with Crippen molar-refractivity contribution in [2.24, 2.45) is 0 Å². The Morgan fingerprint density at radius 3 is 2.50 bits per heavy atom. The number of benzene rings is 1. The molecule has 1 aromatic heterocycles. The molecule has 0 spiro atoms. The quantitative estimate of drug-likeness (QED) is 0.808. The molecule has 0 unspecified atom stereocenters. The fraction of sp³-hybridized carbons (Fsp3) is 0.308. The fourth-order valence-electron chi connectivity index (χ4n) is 1.96. The van der Waals surface area contributed by atoms with Gasteiger partial charge in [0.15, 0.2) is 0 Å². The third-order valence-electron chi connectivity index (χ3n) is 2.98. The lowest BCUT2D eigenvalue weighted by atomic mass is 10.2. The van der Waals surface area contributed by atoms with Gasteiger partial charge in [-0.3, -0.25) is 4.79 Å². The van der Waals surface area contributed by atoms with E-state index < -0.39 is 0 Å². The Bertz CT molecular complexity index is 630. The van der Waals surface area contributed by atoms with Gasteiger partial charge in [-0.25, -0.2) is 0 Å². The molecule has 5 nitrogen and oxygen atoms in total. The second kappa shape index (κ2) is 4.60. The summed E-state index contributed by atoms with van der Waals surface area (Å²) in [5, 5.41) is 0.420. The molecule has 2 rings (SSSR count). The molecule has 96 valence electrons. The second-order valence-electron chi connectivity index (χ2n) is 4.08. The van der Waals surface area contributed by atoms with Crippen molar-refractivity contribution in [3.8, 4) is 0 Å². The standard InChI is InChI=1S/C13H17N3O2/c1-3-16(4-2)13-11(15)12(17)9-7-8(14)5-6-10(9)18-13/h5-7H,3-4,14-15H2,1-2H3. The van der Waals surface area contributed by atoms with Crippen LogP contribution in [0, 0.1) is 0 Å². The maximum atomic E-state index is 12.2. The van der Waals surface area contributed by atoms with Crippen LogP contribution in [0.4, 0.5) is 17.3 Å². The molecule has 0 aliphatic heterocycles. The van der Waals surface area contributed by atoms with Crippen LogP contribution < -0.4 is 21.8 Å². The van der Waals surface area contributed by atoms with E-state index in [0.717, 1.165) is 13.1 Å². The van der Waals surface area contributed by atoms with E-state index in [1.165, 1.54) is 0 Å². The summed E-state index contributed by atoms with van der Waals surface area (Å²) in [5.41, 5.74) is 12.5. The van der Waals surface area contributed by atoms with E-state index in [9.17, 15) is 4.79 Å². The van der Waals surface area contributed by atoms with Gasteiger partial charge in [-0.1, -0.05) is 0 Å². The molecule has 0 atom stereocenters. The summed E-state index contributed by atoms with van der Waals surface area (Å²) in [4.78, 5) is 14.1. The number of nitrogen functional groups attached to an aromatic ring is 2. The molecule has 5 heteroatoms. The maximum Gasteiger partial charge on any atom is 0.223 e. The number of nitrogens with zero attached hydrogens (tertiary/aromatic N) is 1. The van der Waals surface area contributed by atoms with Gasteiger partial charge < -0.3 is 20.8 Å². The Labute approximate surface area is 105 Å². The Kier molecular flexibility index (Phi) is 3.14. The minimum absolute atomic E-state index is 0.136. The van der Waals surface area contributed by atoms with Crippen LogP contribution in [0.2, 0.25) is 0 Å². The summed E-state index contributed by atoms with van der Waals surface area (Å²) in [7, 11) is 0. The minimum Gasteiger partial charge on any atom is -0.438 e. The van der Waals surface area contributed by atoms with Crippen molar-refractivity contribution in [1.29, 1.82) is 0 Å². The number of anilines is 3. The molecule has 0 saturated heterocycles. The normalized spacial score (nSPS) is 10.8. The van der Waals surface area contributed by atoms with E-state index in [-0.39, 0.29) is 11.1 Å². The highest BCUT2D eigenvalue weighted by molar-refractivity contribution is 5.85. The molecule has 0 aliphatic rings. The molecule has 0 radical (unpaired) electrons. The van der Waals surface area contributed by atoms with Gasteiger partial charge in [-0.2, -0.15) is 0 Å². The van der Waals surface area contributed by atoms with Gasteiger partial charge in [0.05, 0.1) is 5.39 Å². The van der Waals surface area contributed by atoms with Crippen molar-refractivity contribution in [3.05, 3.63) is 28.4 Å². The number of hydrogen-bond acceptors (Lipinski definition) is 5. The third-order valence-corrected chi connectivity index (χ3v) is 2.98. The molecule has 1 aromatic carbocycles. The summed E-state index contributed by atoms with van der Waals surface area (Å²) in [5.74, 6) is 0.433. The van der Waals surface area contributed by atoms with E-state index in [2.05, 4.69) is 0 Å². The van der Waals surface area contributed by atoms with Crippen LogP contribution in [0.1, 0.15) is 13.8 Å². The summed E-state index contributed by atoms with van der Waals surface area (Å²) in [6.45, 7) is 5.42. The van der Waals surface area contributed by atoms with Gasteiger partial charge in [-0.15, -0.1) is 0 Å². The van der Waals surface area contributed by atoms with Crippen molar-refractivity contribution < 1.29 is 4.42 Å². The number of fused-ring (bicyclic) bond motifs is 1. The van der Waals surface area contributed by atoms with E-state index in [1.807, 2.05) is 18.7 Å². The van der Waals surface area contributed by atoms with Crippen LogP contribution in [0.5, 0.6) is 0 Å². The average Bonchev–Trinajstić information content (AvgIpc) is 2.37. The van der Waals surface area contributed by atoms with E-state index >= 15 is 0 Å². The van der Waals surface area contributed by atoms with Crippen molar-refractivity contribution in [2.45, 2.75) is 13.8 Å². The van der Waals surface area contributed by atoms with Gasteiger partial charge in [0.2, 0.25) is 11.3 Å². The highest BCUT2D eigenvalue weighted by Gasteiger charge is 2.15. The molecule has 2 aromatic rings. The van der Waals surface area contributed by atoms with Crippen LogP contribution in [-0.4, -0.2) is 13.1 Å². The SMILES string of the molecule is CCN(CC)c1oc2ccc(N)cc2c(=O)c1N. The van der Waals surface area contributed by atoms with Gasteiger partial charge in [0, 0.05) is 18.8 Å². The zero-order valence-corrected chi connectivity index (χ0v) is 10.6.